The standard InChI is InChI=1S/C26H24ClN3O2S/c1-14-9-10-15(2)23(11-14)30-25(32)20(24(31)28-26(30)33)13-19-12-16(3)29(18(19)5)22-8-6-7-21(27)17(22)4/h6-13H,1-5H3,(H,28,31,33)/b20-13+. The van der Waals surface area contributed by atoms with Crippen LogP contribution < -0.4 is 10.2 Å². The molecule has 0 unspecified atom stereocenters. The Morgan fingerprint density at radius 2 is 1.70 bits per heavy atom. The normalized spacial score (nSPS) is 15.4. The number of thiocarbonyl (C=S) groups is 1. The Kier molecular flexibility index (Phi) is 5.99. The smallest absolute Gasteiger partial charge is 0.270 e. The van der Waals surface area contributed by atoms with Crippen LogP contribution in [-0.4, -0.2) is 21.5 Å². The molecule has 7 heteroatoms. The van der Waals surface area contributed by atoms with Crippen molar-refractivity contribution in [3.63, 3.8) is 0 Å². The third-order valence-electron chi connectivity index (χ3n) is 5.96. The van der Waals surface area contributed by atoms with Gasteiger partial charge in [0.15, 0.2) is 5.11 Å². The SMILES string of the molecule is Cc1ccc(C)c(N2C(=O)/C(=C/c3cc(C)n(-c4cccc(Cl)c4C)c3C)C(=O)NC2=S)c1. The number of benzene rings is 2. The number of carbonyl (C=O) groups is 2. The quantitative estimate of drug-likeness (QED) is 0.307. The van der Waals surface area contributed by atoms with E-state index in [0.29, 0.717) is 10.7 Å². The number of aryl methyl sites for hydroxylation is 3. The van der Waals surface area contributed by atoms with E-state index < -0.39 is 11.8 Å². The van der Waals surface area contributed by atoms with E-state index in [9.17, 15) is 9.59 Å². The highest BCUT2D eigenvalue weighted by molar-refractivity contribution is 7.80. The number of amides is 2. The van der Waals surface area contributed by atoms with Gasteiger partial charge < -0.3 is 4.57 Å². The number of aromatic nitrogens is 1. The van der Waals surface area contributed by atoms with Gasteiger partial charge in [0.25, 0.3) is 11.8 Å². The van der Waals surface area contributed by atoms with Crippen LogP contribution in [0, 0.1) is 34.6 Å². The summed E-state index contributed by atoms with van der Waals surface area (Å²) < 4.78 is 2.08. The Labute approximate surface area is 203 Å². The lowest BCUT2D eigenvalue weighted by Crippen LogP contribution is -2.54. The van der Waals surface area contributed by atoms with Crippen molar-refractivity contribution in [1.82, 2.24) is 9.88 Å². The highest BCUT2D eigenvalue weighted by atomic mass is 35.5. The van der Waals surface area contributed by atoms with E-state index in [1.165, 1.54) is 4.90 Å². The molecule has 0 aliphatic carbocycles. The van der Waals surface area contributed by atoms with E-state index in [2.05, 4.69) is 9.88 Å². The zero-order valence-electron chi connectivity index (χ0n) is 19.1. The Bertz CT molecular complexity index is 1370. The fourth-order valence-corrected chi connectivity index (χ4v) is 4.58. The highest BCUT2D eigenvalue weighted by Crippen LogP contribution is 2.30. The van der Waals surface area contributed by atoms with E-state index >= 15 is 0 Å². The molecule has 0 saturated carbocycles. The summed E-state index contributed by atoms with van der Waals surface area (Å²) in [4.78, 5) is 27.6. The summed E-state index contributed by atoms with van der Waals surface area (Å²) in [5.74, 6) is -0.948. The van der Waals surface area contributed by atoms with Crippen LogP contribution in [0.25, 0.3) is 11.8 Å². The zero-order valence-corrected chi connectivity index (χ0v) is 20.7. The number of rotatable bonds is 3. The summed E-state index contributed by atoms with van der Waals surface area (Å²) >= 11 is 11.7. The molecule has 1 N–H and O–H groups in total. The second kappa shape index (κ2) is 8.61. The number of hydrogen-bond acceptors (Lipinski definition) is 3. The van der Waals surface area contributed by atoms with Gasteiger partial charge in [0, 0.05) is 22.1 Å². The van der Waals surface area contributed by atoms with Gasteiger partial charge in [-0.15, -0.1) is 0 Å². The third kappa shape index (κ3) is 4.01. The molecule has 2 aromatic carbocycles. The molecule has 5 nitrogen and oxygen atoms in total. The lowest BCUT2D eigenvalue weighted by molar-refractivity contribution is -0.122. The lowest BCUT2D eigenvalue weighted by Gasteiger charge is -2.30. The molecular weight excluding hydrogens is 454 g/mol. The van der Waals surface area contributed by atoms with Crippen LogP contribution >= 0.6 is 23.8 Å². The van der Waals surface area contributed by atoms with Gasteiger partial charge in [-0.1, -0.05) is 29.8 Å². The predicted octanol–water partition coefficient (Wildman–Crippen LogP) is 5.50. The van der Waals surface area contributed by atoms with Gasteiger partial charge in [-0.25, -0.2) is 0 Å². The first-order chi connectivity index (χ1) is 15.6. The Morgan fingerprint density at radius 3 is 2.42 bits per heavy atom. The van der Waals surface area contributed by atoms with Crippen LogP contribution in [0.4, 0.5) is 5.69 Å². The molecule has 0 radical (unpaired) electrons. The minimum Gasteiger partial charge on any atom is -0.318 e. The molecule has 4 rings (SSSR count). The van der Waals surface area contributed by atoms with E-state index in [-0.39, 0.29) is 10.7 Å². The van der Waals surface area contributed by atoms with Crippen LogP contribution in [0.1, 0.15) is 33.6 Å². The number of halogens is 1. The molecule has 1 fully saturated rings. The molecule has 0 spiro atoms. The van der Waals surface area contributed by atoms with Gasteiger partial charge >= 0.3 is 0 Å². The van der Waals surface area contributed by atoms with Crippen molar-refractivity contribution < 1.29 is 9.59 Å². The third-order valence-corrected chi connectivity index (χ3v) is 6.65. The largest absolute Gasteiger partial charge is 0.318 e. The summed E-state index contributed by atoms with van der Waals surface area (Å²) in [5.41, 5.74) is 7.14. The molecule has 1 aliphatic heterocycles. The van der Waals surface area contributed by atoms with Crippen molar-refractivity contribution in [1.29, 1.82) is 0 Å². The first kappa shape index (κ1) is 23.0. The summed E-state index contributed by atoms with van der Waals surface area (Å²) in [6.07, 6.45) is 1.64. The van der Waals surface area contributed by atoms with Crippen molar-refractivity contribution in [2.45, 2.75) is 34.6 Å². The molecule has 2 amide bonds. The molecule has 1 saturated heterocycles. The molecule has 0 atom stereocenters. The highest BCUT2D eigenvalue weighted by Gasteiger charge is 2.35. The van der Waals surface area contributed by atoms with Crippen LogP contribution in [0.2, 0.25) is 5.02 Å². The predicted molar refractivity (Wildman–Crippen MR) is 137 cm³/mol. The fraction of sp³-hybridized carbons (Fsp3) is 0.192. The Hall–Kier alpha value is -3.22. The van der Waals surface area contributed by atoms with Crippen LogP contribution in [0.15, 0.2) is 48.0 Å². The topological polar surface area (TPSA) is 54.3 Å². The van der Waals surface area contributed by atoms with Gasteiger partial charge in [0.05, 0.1) is 5.69 Å². The number of nitrogens with one attached hydrogen (secondary N) is 1. The van der Waals surface area contributed by atoms with Crippen LogP contribution in [0.3, 0.4) is 0 Å². The summed E-state index contributed by atoms with van der Waals surface area (Å²) in [5, 5.41) is 3.43. The minimum absolute atomic E-state index is 0.0348. The van der Waals surface area contributed by atoms with Gasteiger partial charge in [0.2, 0.25) is 0 Å². The molecule has 1 aromatic heterocycles. The maximum Gasteiger partial charge on any atom is 0.270 e. The molecule has 0 bridgehead atoms. The van der Waals surface area contributed by atoms with Gasteiger partial charge in [-0.2, -0.15) is 0 Å². The van der Waals surface area contributed by atoms with Gasteiger partial charge in [0.1, 0.15) is 5.57 Å². The average Bonchev–Trinajstić information content (AvgIpc) is 3.03. The van der Waals surface area contributed by atoms with Crippen molar-refractivity contribution in [2.75, 3.05) is 4.90 Å². The molecular formula is C26H24ClN3O2S. The maximum atomic E-state index is 13.5. The molecule has 33 heavy (non-hydrogen) atoms. The van der Waals surface area contributed by atoms with Gasteiger partial charge in [-0.3, -0.25) is 19.8 Å². The number of hydrogen-bond donors (Lipinski definition) is 1. The van der Waals surface area contributed by atoms with Crippen molar-refractivity contribution >= 4 is 52.5 Å². The molecule has 1 aliphatic rings. The first-order valence-corrected chi connectivity index (χ1v) is 11.3. The van der Waals surface area contributed by atoms with E-state index in [0.717, 1.165) is 39.3 Å². The maximum absolute atomic E-state index is 13.5. The Balaban J connectivity index is 1.81. The zero-order chi connectivity index (χ0) is 24.0. The van der Waals surface area contributed by atoms with Crippen molar-refractivity contribution in [2.24, 2.45) is 0 Å². The average molecular weight is 478 g/mol. The molecule has 3 aromatic rings. The van der Waals surface area contributed by atoms with Crippen LogP contribution in [-0.2, 0) is 9.59 Å². The summed E-state index contributed by atoms with van der Waals surface area (Å²) in [6.45, 7) is 9.76. The minimum atomic E-state index is -0.504. The Morgan fingerprint density at radius 1 is 0.970 bits per heavy atom. The summed E-state index contributed by atoms with van der Waals surface area (Å²) in [6, 6.07) is 13.5. The first-order valence-electron chi connectivity index (χ1n) is 10.5. The number of carbonyl (C=O) groups excluding carboxylic acids is 2. The second-order valence-corrected chi connectivity index (χ2v) is 9.09. The van der Waals surface area contributed by atoms with E-state index in [1.807, 2.05) is 77.1 Å². The monoisotopic (exact) mass is 477 g/mol. The molecule has 2 heterocycles. The van der Waals surface area contributed by atoms with Crippen LogP contribution in [0.5, 0.6) is 0 Å². The van der Waals surface area contributed by atoms with E-state index in [1.54, 1.807) is 6.08 Å². The number of anilines is 1. The lowest BCUT2D eigenvalue weighted by atomic mass is 10.0. The van der Waals surface area contributed by atoms with E-state index in [4.69, 9.17) is 23.8 Å². The fourth-order valence-electron chi connectivity index (χ4n) is 4.13. The number of nitrogens with zero attached hydrogens (tertiary/aromatic N) is 2. The molecule has 168 valence electrons. The van der Waals surface area contributed by atoms with Gasteiger partial charge in [-0.05, 0) is 99.4 Å². The van der Waals surface area contributed by atoms with Crippen molar-refractivity contribution in [3.8, 4) is 5.69 Å². The van der Waals surface area contributed by atoms with Crippen molar-refractivity contribution in [3.05, 3.63) is 86.7 Å². The summed E-state index contributed by atoms with van der Waals surface area (Å²) in [7, 11) is 0. The second-order valence-electron chi connectivity index (χ2n) is 8.29.